The van der Waals surface area contributed by atoms with Gasteiger partial charge in [0, 0.05) is 6.04 Å². The van der Waals surface area contributed by atoms with E-state index in [0.717, 1.165) is 35.8 Å². The van der Waals surface area contributed by atoms with Gasteiger partial charge in [-0.15, -0.1) is 0 Å². The number of ether oxygens (including phenoxy) is 1. The van der Waals surface area contributed by atoms with E-state index in [-0.39, 0.29) is 0 Å². The lowest BCUT2D eigenvalue weighted by Gasteiger charge is -2.56. The van der Waals surface area contributed by atoms with Crippen LogP contribution in [0.15, 0.2) is 30.3 Å². The van der Waals surface area contributed by atoms with Crippen LogP contribution in [0.3, 0.4) is 0 Å². The minimum Gasteiger partial charge on any atom is -0.486 e. The average Bonchev–Trinajstić information content (AvgIpc) is 3.22. The van der Waals surface area contributed by atoms with Gasteiger partial charge in [-0.3, -0.25) is 5.10 Å². The zero-order valence-electron chi connectivity index (χ0n) is 14.5. The Balaban J connectivity index is 1.30. The van der Waals surface area contributed by atoms with Gasteiger partial charge in [-0.05, 0) is 42.2 Å². The number of nitrogens with zero attached hydrogens (tertiary/aromatic N) is 2. The monoisotopic (exact) mass is 326 g/mol. The van der Waals surface area contributed by atoms with E-state index in [2.05, 4.69) is 34.3 Å². The minimum atomic E-state index is 0.400. The first-order chi connectivity index (χ1) is 11.6. The fraction of sp³-hybridized carbons (Fsp3) is 0.579. The Labute approximate surface area is 143 Å². The normalized spacial score (nSPS) is 27.5. The van der Waals surface area contributed by atoms with Crippen molar-refractivity contribution >= 4 is 0 Å². The first kappa shape index (κ1) is 15.6. The van der Waals surface area contributed by atoms with Gasteiger partial charge in [0.25, 0.3) is 0 Å². The molecule has 0 amide bonds. The number of rotatable bonds is 6. The van der Waals surface area contributed by atoms with Crippen molar-refractivity contribution in [3.8, 4) is 5.75 Å². The number of aromatic nitrogens is 3. The number of nitrogens with one attached hydrogen (secondary N) is 2. The summed E-state index contributed by atoms with van der Waals surface area (Å²) in [5.74, 6) is 4.18. The molecule has 5 nitrogen and oxygen atoms in total. The molecule has 3 atom stereocenters. The van der Waals surface area contributed by atoms with Gasteiger partial charge >= 0.3 is 0 Å². The lowest BCUT2D eigenvalue weighted by atomic mass is 9.53. The number of benzene rings is 1. The Hall–Kier alpha value is -1.88. The van der Waals surface area contributed by atoms with Crippen LogP contribution >= 0.6 is 0 Å². The summed E-state index contributed by atoms with van der Waals surface area (Å²) in [6.45, 7) is 5.93. The van der Waals surface area contributed by atoms with Crippen LogP contribution in [0, 0.1) is 17.3 Å². The predicted octanol–water partition coefficient (Wildman–Crippen LogP) is 3.30. The Kier molecular flexibility index (Phi) is 4.04. The largest absolute Gasteiger partial charge is 0.486 e. The second kappa shape index (κ2) is 6.20. The third-order valence-corrected chi connectivity index (χ3v) is 5.93. The molecule has 0 spiro atoms. The first-order valence-corrected chi connectivity index (χ1v) is 8.96. The van der Waals surface area contributed by atoms with Gasteiger partial charge in [-0.1, -0.05) is 38.5 Å². The summed E-state index contributed by atoms with van der Waals surface area (Å²) in [7, 11) is 0. The molecule has 4 rings (SSSR count). The molecule has 0 radical (unpaired) electrons. The van der Waals surface area contributed by atoms with Crippen LogP contribution in [0.2, 0.25) is 0 Å². The van der Waals surface area contributed by atoms with E-state index >= 15 is 0 Å². The van der Waals surface area contributed by atoms with Crippen molar-refractivity contribution in [3.05, 3.63) is 42.0 Å². The fourth-order valence-corrected chi connectivity index (χ4v) is 4.74. The van der Waals surface area contributed by atoms with Crippen LogP contribution in [-0.2, 0) is 13.2 Å². The Bertz CT molecular complexity index is 682. The molecule has 24 heavy (non-hydrogen) atoms. The summed E-state index contributed by atoms with van der Waals surface area (Å²) < 4.78 is 5.70. The SMILES string of the molecule is CC1(C)C(NCc2n[nH]c(COc3ccccc3)n2)[C@@H]2CCC[C@@H]21. The van der Waals surface area contributed by atoms with Crippen LogP contribution in [0.4, 0.5) is 0 Å². The maximum absolute atomic E-state index is 5.70. The summed E-state index contributed by atoms with van der Waals surface area (Å²) >= 11 is 0. The number of aromatic amines is 1. The zero-order valence-corrected chi connectivity index (χ0v) is 14.5. The van der Waals surface area contributed by atoms with Gasteiger partial charge in [0.05, 0.1) is 6.54 Å². The average molecular weight is 326 g/mol. The van der Waals surface area contributed by atoms with E-state index < -0.39 is 0 Å². The van der Waals surface area contributed by atoms with Crippen LogP contribution in [-0.4, -0.2) is 21.2 Å². The van der Waals surface area contributed by atoms with Crippen LogP contribution in [0.1, 0.15) is 44.8 Å². The molecule has 1 unspecified atom stereocenters. The van der Waals surface area contributed by atoms with E-state index in [1.54, 1.807) is 0 Å². The molecule has 2 saturated carbocycles. The third-order valence-electron chi connectivity index (χ3n) is 5.93. The van der Waals surface area contributed by atoms with Crippen molar-refractivity contribution in [2.45, 2.75) is 52.3 Å². The maximum Gasteiger partial charge on any atom is 0.164 e. The second-order valence-electron chi connectivity index (χ2n) is 7.68. The molecule has 2 aliphatic carbocycles. The van der Waals surface area contributed by atoms with Gasteiger partial charge < -0.3 is 10.1 Å². The highest BCUT2D eigenvalue weighted by molar-refractivity contribution is 5.21. The fourth-order valence-electron chi connectivity index (χ4n) is 4.74. The molecular formula is C19H26N4O. The van der Waals surface area contributed by atoms with Crippen molar-refractivity contribution in [1.82, 2.24) is 20.5 Å². The van der Waals surface area contributed by atoms with Crippen molar-refractivity contribution in [2.24, 2.45) is 17.3 Å². The highest BCUT2D eigenvalue weighted by Gasteiger charge is 2.57. The second-order valence-corrected chi connectivity index (χ2v) is 7.68. The Morgan fingerprint density at radius 3 is 2.92 bits per heavy atom. The van der Waals surface area contributed by atoms with Crippen LogP contribution < -0.4 is 10.1 Å². The molecule has 0 bridgehead atoms. The standard InChI is InChI=1S/C19H26N4O/c1-19(2)15-10-6-9-14(15)18(19)20-11-16-21-17(23-22-16)12-24-13-7-4-3-5-8-13/h3-5,7-8,14-15,18,20H,6,9-12H2,1-2H3,(H,21,22,23)/t14-,15+,18?/m1/s1. The highest BCUT2D eigenvalue weighted by Crippen LogP contribution is 2.58. The highest BCUT2D eigenvalue weighted by atomic mass is 16.5. The van der Waals surface area contributed by atoms with Gasteiger partial charge in [0.15, 0.2) is 11.6 Å². The summed E-state index contributed by atoms with van der Waals surface area (Å²) in [5, 5.41) is 11.0. The third kappa shape index (κ3) is 2.81. The number of para-hydroxylation sites is 1. The van der Waals surface area contributed by atoms with Gasteiger partial charge in [-0.25, -0.2) is 4.98 Å². The molecule has 128 valence electrons. The van der Waals surface area contributed by atoms with Gasteiger partial charge in [-0.2, -0.15) is 5.10 Å². The van der Waals surface area contributed by atoms with Crippen molar-refractivity contribution in [3.63, 3.8) is 0 Å². The van der Waals surface area contributed by atoms with Crippen molar-refractivity contribution in [1.29, 1.82) is 0 Å². The molecule has 2 N–H and O–H groups in total. The lowest BCUT2D eigenvalue weighted by Crippen LogP contribution is -2.61. The zero-order chi connectivity index (χ0) is 16.6. The van der Waals surface area contributed by atoms with Gasteiger partial charge in [0.1, 0.15) is 12.4 Å². The molecular weight excluding hydrogens is 300 g/mol. The van der Waals surface area contributed by atoms with E-state index in [9.17, 15) is 0 Å². The number of fused-ring (bicyclic) bond motifs is 1. The quantitative estimate of drug-likeness (QED) is 0.855. The maximum atomic E-state index is 5.70. The van der Waals surface area contributed by atoms with Crippen LogP contribution in [0.25, 0.3) is 0 Å². The number of H-pyrrole nitrogens is 1. The summed E-state index contributed by atoms with van der Waals surface area (Å²) in [4.78, 5) is 4.53. The first-order valence-electron chi connectivity index (χ1n) is 8.96. The number of hydrogen-bond donors (Lipinski definition) is 2. The van der Waals surface area contributed by atoms with Crippen molar-refractivity contribution < 1.29 is 4.74 Å². The van der Waals surface area contributed by atoms with E-state index in [0.29, 0.717) is 18.1 Å². The molecule has 1 aromatic carbocycles. The topological polar surface area (TPSA) is 62.8 Å². The van der Waals surface area contributed by atoms with Gasteiger partial charge in [0.2, 0.25) is 0 Å². The van der Waals surface area contributed by atoms with Crippen molar-refractivity contribution in [2.75, 3.05) is 0 Å². The molecule has 1 heterocycles. The smallest absolute Gasteiger partial charge is 0.164 e. The van der Waals surface area contributed by atoms with E-state index in [4.69, 9.17) is 4.74 Å². The van der Waals surface area contributed by atoms with Crippen LogP contribution in [0.5, 0.6) is 5.75 Å². The Morgan fingerprint density at radius 2 is 2.08 bits per heavy atom. The molecule has 1 aromatic heterocycles. The summed E-state index contributed by atoms with van der Waals surface area (Å²) in [6.07, 6.45) is 4.16. The predicted molar refractivity (Wildman–Crippen MR) is 92.4 cm³/mol. The van der Waals surface area contributed by atoms with E-state index in [1.807, 2.05) is 30.3 Å². The number of hydrogen-bond acceptors (Lipinski definition) is 4. The molecule has 2 aliphatic rings. The molecule has 5 heteroatoms. The lowest BCUT2D eigenvalue weighted by molar-refractivity contribution is -0.0417. The van der Waals surface area contributed by atoms with E-state index in [1.165, 1.54) is 19.3 Å². The minimum absolute atomic E-state index is 0.400. The molecule has 2 fully saturated rings. The molecule has 0 saturated heterocycles. The molecule has 0 aliphatic heterocycles. The summed E-state index contributed by atoms with van der Waals surface area (Å²) in [5.41, 5.74) is 0.400. The molecule has 2 aromatic rings. The summed E-state index contributed by atoms with van der Waals surface area (Å²) in [6, 6.07) is 10.4. The Morgan fingerprint density at radius 1 is 1.25 bits per heavy atom.